The molecule has 0 bridgehead atoms. The van der Waals surface area contributed by atoms with Crippen LogP contribution >= 0.6 is 0 Å². The SMILES string of the molecule is CCCCC(CC)COCC(O)CNC1CCCC1C. The smallest absolute Gasteiger partial charge is 0.0897 e. The largest absolute Gasteiger partial charge is 0.389 e. The Balaban J connectivity index is 2.05. The van der Waals surface area contributed by atoms with E-state index in [1.807, 2.05) is 0 Å². The van der Waals surface area contributed by atoms with Gasteiger partial charge in [-0.2, -0.15) is 0 Å². The first-order valence-corrected chi connectivity index (χ1v) is 8.66. The van der Waals surface area contributed by atoms with Gasteiger partial charge in [0.25, 0.3) is 0 Å². The maximum absolute atomic E-state index is 9.97. The average molecular weight is 285 g/mol. The van der Waals surface area contributed by atoms with Gasteiger partial charge in [-0.15, -0.1) is 0 Å². The van der Waals surface area contributed by atoms with Crippen molar-refractivity contribution in [2.75, 3.05) is 19.8 Å². The molecule has 120 valence electrons. The van der Waals surface area contributed by atoms with Crippen molar-refractivity contribution in [2.45, 2.75) is 77.9 Å². The summed E-state index contributed by atoms with van der Waals surface area (Å²) in [5, 5.41) is 13.5. The summed E-state index contributed by atoms with van der Waals surface area (Å²) in [5.74, 6) is 1.41. The van der Waals surface area contributed by atoms with Gasteiger partial charge in [-0.1, -0.05) is 46.5 Å². The summed E-state index contributed by atoms with van der Waals surface area (Å²) in [4.78, 5) is 0. The Morgan fingerprint density at radius 2 is 2.05 bits per heavy atom. The summed E-state index contributed by atoms with van der Waals surface area (Å²) in [6.45, 7) is 8.69. The molecule has 0 aromatic rings. The van der Waals surface area contributed by atoms with Crippen molar-refractivity contribution in [1.29, 1.82) is 0 Å². The van der Waals surface area contributed by atoms with Gasteiger partial charge in [0.15, 0.2) is 0 Å². The van der Waals surface area contributed by atoms with Crippen LogP contribution in [0.1, 0.15) is 65.7 Å². The van der Waals surface area contributed by atoms with Crippen LogP contribution in [0.5, 0.6) is 0 Å². The van der Waals surface area contributed by atoms with Crippen LogP contribution in [0.4, 0.5) is 0 Å². The number of nitrogens with one attached hydrogen (secondary N) is 1. The lowest BCUT2D eigenvalue weighted by molar-refractivity contribution is 0.0179. The fourth-order valence-corrected chi connectivity index (χ4v) is 3.06. The Hall–Kier alpha value is -0.120. The average Bonchev–Trinajstić information content (AvgIpc) is 2.85. The van der Waals surface area contributed by atoms with Gasteiger partial charge < -0.3 is 15.2 Å². The van der Waals surface area contributed by atoms with E-state index in [1.54, 1.807) is 0 Å². The lowest BCUT2D eigenvalue weighted by atomic mass is 10.0. The van der Waals surface area contributed by atoms with E-state index < -0.39 is 0 Å². The molecule has 1 rings (SSSR count). The minimum atomic E-state index is -0.369. The van der Waals surface area contributed by atoms with Crippen LogP contribution in [0.25, 0.3) is 0 Å². The zero-order valence-electron chi connectivity index (χ0n) is 13.7. The van der Waals surface area contributed by atoms with Crippen molar-refractivity contribution in [2.24, 2.45) is 11.8 Å². The van der Waals surface area contributed by atoms with E-state index in [-0.39, 0.29) is 6.10 Å². The van der Waals surface area contributed by atoms with E-state index in [0.717, 1.165) is 12.5 Å². The summed E-state index contributed by atoms with van der Waals surface area (Å²) in [7, 11) is 0. The van der Waals surface area contributed by atoms with Crippen molar-refractivity contribution in [3.8, 4) is 0 Å². The first-order valence-electron chi connectivity index (χ1n) is 8.66. The second-order valence-electron chi connectivity index (χ2n) is 6.53. The molecule has 4 unspecified atom stereocenters. The quantitative estimate of drug-likeness (QED) is 0.611. The van der Waals surface area contributed by atoms with E-state index in [2.05, 4.69) is 26.1 Å². The van der Waals surface area contributed by atoms with Crippen molar-refractivity contribution in [3.63, 3.8) is 0 Å². The van der Waals surface area contributed by atoms with Gasteiger partial charge in [-0.25, -0.2) is 0 Å². The van der Waals surface area contributed by atoms with Gasteiger partial charge in [0.2, 0.25) is 0 Å². The molecule has 1 fully saturated rings. The second kappa shape index (κ2) is 10.6. The Bertz CT molecular complexity index is 235. The molecule has 20 heavy (non-hydrogen) atoms. The Morgan fingerprint density at radius 1 is 1.25 bits per heavy atom. The number of aliphatic hydroxyl groups excluding tert-OH is 1. The maximum atomic E-state index is 9.97. The molecule has 0 aromatic carbocycles. The van der Waals surface area contributed by atoms with E-state index >= 15 is 0 Å². The number of hydrogen-bond donors (Lipinski definition) is 2. The molecule has 3 nitrogen and oxygen atoms in total. The fraction of sp³-hybridized carbons (Fsp3) is 1.00. The van der Waals surface area contributed by atoms with Gasteiger partial charge in [0, 0.05) is 19.2 Å². The van der Waals surface area contributed by atoms with E-state index in [9.17, 15) is 5.11 Å². The van der Waals surface area contributed by atoms with Gasteiger partial charge >= 0.3 is 0 Å². The van der Waals surface area contributed by atoms with Crippen LogP contribution in [-0.4, -0.2) is 37.0 Å². The van der Waals surface area contributed by atoms with Crippen molar-refractivity contribution in [1.82, 2.24) is 5.32 Å². The molecule has 1 aliphatic rings. The van der Waals surface area contributed by atoms with Gasteiger partial charge in [-0.3, -0.25) is 0 Å². The van der Waals surface area contributed by atoms with Crippen LogP contribution in [0.15, 0.2) is 0 Å². The Morgan fingerprint density at radius 3 is 2.65 bits per heavy atom. The highest BCUT2D eigenvalue weighted by molar-refractivity contribution is 4.80. The number of ether oxygens (including phenoxy) is 1. The van der Waals surface area contributed by atoms with Crippen molar-refractivity contribution < 1.29 is 9.84 Å². The number of unbranched alkanes of at least 4 members (excludes halogenated alkanes) is 1. The predicted octanol–water partition coefficient (Wildman–Crippen LogP) is 3.36. The highest BCUT2D eigenvalue weighted by atomic mass is 16.5. The third-order valence-electron chi connectivity index (χ3n) is 4.68. The molecule has 3 heteroatoms. The lowest BCUT2D eigenvalue weighted by Crippen LogP contribution is -2.38. The first kappa shape index (κ1) is 17.9. The molecule has 2 N–H and O–H groups in total. The summed E-state index contributed by atoms with van der Waals surface area (Å²) >= 11 is 0. The molecule has 1 saturated carbocycles. The van der Waals surface area contributed by atoms with Gasteiger partial charge in [-0.05, 0) is 31.1 Å². The van der Waals surface area contributed by atoms with Crippen LogP contribution in [0.3, 0.4) is 0 Å². The number of rotatable bonds is 11. The van der Waals surface area contributed by atoms with Crippen LogP contribution < -0.4 is 5.32 Å². The first-order chi connectivity index (χ1) is 9.67. The summed E-state index contributed by atoms with van der Waals surface area (Å²) in [5.41, 5.74) is 0. The molecule has 0 saturated heterocycles. The molecule has 0 amide bonds. The zero-order valence-corrected chi connectivity index (χ0v) is 13.7. The minimum absolute atomic E-state index is 0.369. The predicted molar refractivity (Wildman–Crippen MR) is 84.9 cm³/mol. The molecule has 1 aliphatic carbocycles. The summed E-state index contributed by atoms with van der Waals surface area (Å²) in [6.07, 6.45) is 8.49. The molecular weight excluding hydrogens is 250 g/mol. The van der Waals surface area contributed by atoms with Crippen molar-refractivity contribution in [3.05, 3.63) is 0 Å². The highest BCUT2D eigenvalue weighted by Gasteiger charge is 2.23. The molecule has 0 radical (unpaired) electrons. The third kappa shape index (κ3) is 7.05. The Kier molecular flexibility index (Phi) is 9.49. The normalized spacial score (nSPS) is 25.8. The molecular formula is C17H35NO2. The van der Waals surface area contributed by atoms with Crippen LogP contribution in [0, 0.1) is 11.8 Å². The van der Waals surface area contributed by atoms with Gasteiger partial charge in [0.05, 0.1) is 12.7 Å². The second-order valence-corrected chi connectivity index (χ2v) is 6.53. The van der Waals surface area contributed by atoms with Crippen LogP contribution in [-0.2, 0) is 4.74 Å². The zero-order chi connectivity index (χ0) is 14.8. The lowest BCUT2D eigenvalue weighted by Gasteiger charge is -2.21. The molecule has 0 aromatic heterocycles. The number of hydrogen-bond acceptors (Lipinski definition) is 3. The molecule has 0 spiro atoms. The topological polar surface area (TPSA) is 41.5 Å². The van der Waals surface area contributed by atoms with E-state index in [4.69, 9.17) is 4.74 Å². The monoisotopic (exact) mass is 285 g/mol. The van der Waals surface area contributed by atoms with E-state index in [0.29, 0.717) is 25.1 Å². The van der Waals surface area contributed by atoms with E-state index in [1.165, 1.54) is 44.9 Å². The summed E-state index contributed by atoms with van der Waals surface area (Å²) in [6, 6.07) is 0.595. The van der Waals surface area contributed by atoms with Crippen molar-refractivity contribution >= 4 is 0 Å². The minimum Gasteiger partial charge on any atom is -0.389 e. The van der Waals surface area contributed by atoms with Crippen LogP contribution in [0.2, 0.25) is 0 Å². The molecule has 0 heterocycles. The third-order valence-corrected chi connectivity index (χ3v) is 4.68. The number of aliphatic hydroxyl groups is 1. The van der Waals surface area contributed by atoms with Gasteiger partial charge in [0.1, 0.15) is 0 Å². The summed E-state index contributed by atoms with van der Waals surface area (Å²) < 4.78 is 5.70. The highest BCUT2D eigenvalue weighted by Crippen LogP contribution is 2.24. The fourth-order valence-electron chi connectivity index (χ4n) is 3.06. The Labute approximate surface area is 125 Å². The maximum Gasteiger partial charge on any atom is 0.0897 e. The standard InChI is InChI=1S/C17H35NO2/c1-4-6-9-15(5-2)12-20-13-16(19)11-18-17-10-7-8-14(17)3/h14-19H,4-13H2,1-3H3. The molecule has 0 aliphatic heterocycles. The molecule has 4 atom stereocenters.